The number of aromatic nitrogens is 2. The number of halogens is 1. The van der Waals surface area contributed by atoms with Crippen molar-refractivity contribution in [3.63, 3.8) is 0 Å². The molecule has 1 aromatic heterocycles. The Hall–Kier alpha value is -2.99. The summed E-state index contributed by atoms with van der Waals surface area (Å²) in [6.45, 7) is 0. The van der Waals surface area contributed by atoms with Crippen molar-refractivity contribution >= 4 is 28.9 Å². The summed E-state index contributed by atoms with van der Waals surface area (Å²) in [5, 5.41) is 14.4. The van der Waals surface area contributed by atoms with Crippen LogP contribution in [-0.2, 0) is 0 Å². The summed E-state index contributed by atoms with van der Waals surface area (Å²) < 4.78 is 0. The van der Waals surface area contributed by atoms with E-state index in [1.54, 1.807) is 36.5 Å². The van der Waals surface area contributed by atoms with Gasteiger partial charge in [-0.1, -0.05) is 29.8 Å². The molecule has 0 aliphatic carbocycles. The second kappa shape index (κ2) is 6.41. The Morgan fingerprint density at radius 2 is 1.91 bits per heavy atom. The number of hydrogen-bond acceptors (Lipinski definition) is 5. The van der Waals surface area contributed by atoms with Crippen LogP contribution in [-0.4, -0.2) is 14.9 Å². The highest BCUT2D eigenvalue weighted by Crippen LogP contribution is 2.23. The predicted molar refractivity (Wildman–Crippen MR) is 88.9 cm³/mol. The molecule has 0 saturated carbocycles. The molecular formula is C16H11ClN4O2. The molecule has 0 bridgehead atoms. The summed E-state index contributed by atoms with van der Waals surface area (Å²) >= 11 is 5.99. The zero-order chi connectivity index (χ0) is 16.2. The molecule has 114 valence electrons. The van der Waals surface area contributed by atoms with Crippen molar-refractivity contribution in [3.8, 4) is 11.3 Å². The normalized spacial score (nSPS) is 10.3. The zero-order valence-electron chi connectivity index (χ0n) is 11.8. The third kappa shape index (κ3) is 3.61. The highest BCUT2D eigenvalue weighted by atomic mass is 35.5. The van der Waals surface area contributed by atoms with E-state index in [-0.39, 0.29) is 5.69 Å². The number of hydrogen-bond donors (Lipinski definition) is 1. The predicted octanol–water partition coefficient (Wildman–Crippen LogP) is 4.45. The molecule has 3 aromatic rings. The van der Waals surface area contributed by atoms with E-state index in [0.29, 0.717) is 22.4 Å². The molecule has 0 saturated heterocycles. The van der Waals surface area contributed by atoms with Crippen LogP contribution in [0.3, 0.4) is 0 Å². The first-order valence-corrected chi connectivity index (χ1v) is 7.10. The summed E-state index contributed by atoms with van der Waals surface area (Å²) in [4.78, 5) is 18.9. The van der Waals surface area contributed by atoms with Crippen LogP contribution in [0.25, 0.3) is 11.3 Å². The third-order valence-electron chi connectivity index (χ3n) is 3.09. The summed E-state index contributed by atoms with van der Waals surface area (Å²) in [5.41, 5.74) is 2.11. The van der Waals surface area contributed by atoms with Crippen molar-refractivity contribution in [1.82, 2.24) is 9.97 Å². The lowest BCUT2D eigenvalue weighted by Crippen LogP contribution is -1.98. The van der Waals surface area contributed by atoms with Gasteiger partial charge in [-0.15, -0.1) is 0 Å². The number of anilines is 2. The number of nitrogens with zero attached hydrogens (tertiary/aromatic N) is 3. The Morgan fingerprint density at radius 1 is 1.09 bits per heavy atom. The fourth-order valence-corrected chi connectivity index (χ4v) is 2.24. The van der Waals surface area contributed by atoms with Crippen LogP contribution in [0.2, 0.25) is 5.02 Å². The van der Waals surface area contributed by atoms with Crippen molar-refractivity contribution < 1.29 is 4.92 Å². The molecule has 0 unspecified atom stereocenters. The molecule has 7 heteroatoms. The van der Waals surface area contributed by atoms with E-state index >= 15 is 0 Å². The van der Waals surface area contributed by atoms with E-state index in [0.717, 1.165) is 5.56 Å². The fourth-order valence-electron chi connectivity index (χ4n) is 2.05. The molecular weight excluding hydrogens is 316 g/mol. The van der Waals surface area contributed by atoms with Gasteiger partial charge < -0.3 is 5.32 Å². The lowest BCUT2D eigenvalue weighted by atomic mass is 10.1. The first-order valence-electron chi connectivity index (χ1n) is 6.72. The summed E-state index contributed by atoms with van der Waals surface area (Å²) in [6, 6.07) is 15.3. The maximum Gasteiger partial charge on any atom is 0.271 e. The quantitative estimate of drug-likeness (QED) is 0.566. The van der Waals surface area contributed by atoms with E-state index in [2.05, 4.69) is 15.3 Å². The fraction of sp³-hybridized carbons (Fsp3) is 0. The van der Waals surface area contributed by atoms with Crippen molar-refractivity contribution in [2.75, 3.05) is 5.32 Å². The third-order valence-corrected chi connectivity index (χ3v) is 3.32. The molecule has 0 aliphatic rings. The molecule has 0 atom stereocenters. The number of nitro groups is 1. The van der Waals surface area contributed by atoms with Gasteiger partial charge in [-0.25, -0.2) is 9.97 Å². The Balaban J connectivity index is 1.88. The van der Waals surface area contributed by atoms with Crippen LogP contribution in [0.15, 0.2) is 60.8 Å². The van der Waals surface area contributed by atoms with Crippen LogP contribution in [0.1, 0.15) is 0 Å². The number of nitrogens with one attached hydrogen (secondary N) is 1. The van der Waals surface area contributed by atoms with Gasteiger partial charge in [-0.3, -0.25) is 10.1 Å². The van der Waals surface area contributed by atoms with E-state index in [9.17, 15) is 10.1 Å². The molecule has 1 heterocycles. The topological polar surface area (TPSA) is 81.0 Å². The first kappa shape index (κ1) is 14.9. The minimum absolute atomic E-state index is 0.000922. The molecule has 0 fully saturated rings. The van der Waals surface area contributed by atoms with Crippen molar-refractivity contribution in [2.24, 2.45) is 0 Å². The molecule has 23 heavy (non-hydrogen) atoms. The summed E-state index contributed by atoms with van der Waals surface area (Å²) in [7, 11) is 0. The Kier molecular flexibility index (Phi) is 4.16. The lowest BCUT2D eigenvalue weighted by Gasteiger charge is -2.07. The molecule has 0 radical (unpaired) electrons. The largest absolute Gasteiger partial charge is 0.324 e. The van der Waals surface area contributed by atoms with Gasteiger partial charge >= 0.3 is 0 Å². The van der Waals surface area contributed by atoms with Gasteiger partial charge in [-0.05, 0) is 24.3 Å². The van der Waals surface area contributed by atoms with Gasteiger partial charge in [0, 0.05) is 34.6 Å². The molecule has 3 rings (SSSR count). The average Bonchev–Trinajstić information content (AvgIpc) is 2.55. The van der Waals surface area contributed by atoms with Gasteiger partial charge in [0.1, 0.15) is 0 Å². The van der Waals surface area contributed by atoms with Gasteiger partial charge in [-0.2, -0.15) is 0 Å². The highest BCUT2D eigenvalue weighted by Gasteiger charge is 2.07. The number of rotatable bonds is 4. The van der Waals surface area contributed by atoms with E-state index < -0.39 is 4.92 Å². The van der Waals surface area contributed by atoms with Crippen LogP contribution >= 0.6 is 11.6 Å². The van der Waals surface area contributed by atoms with Crippen LogP contribution in [0, 0.1) is 10.1 Å². The zero-order valence-corrected chi connectivity index (χ0v) is 12.6. The monoisotopic (exact) mass is 326 g/mol. The first-order chi connectivity index (χ1) is 11.1. The average molecular weight is 327 g/mol. The molecule has 0 amide bonds. The lowest BCUT2D eigenvalue weighted by molar-refractivity contribution is -0.384. The minimum atomic E-state index is -0.450. The standard InChI is InChI=1S/C16H11ClN4O2/c17-12-4-1-3-11(9-12)15-7-8-18-16(20-15)19-13-5-2-6-14(10-13)21(22)23/h1-10H,(H,18,19,20). The van der Waals surface area contributed by atoms with Crippen LogP contribution in [0.5, 0.6) is 0 Å². The van der Waals surface area contributed by atoms with Gasteiger partial charge in [0.2, 0.25) is 5.95 Å². The van der Waals surface area contributed by atoms with E-state index in [4.69, 9.17) is 11.6 Å². The van der Waals surface area contributed by atoms with Crippen LogP contribution < -0.4 is 5.32 Å². The second-order valence-corrected chi connectivity index (χ2v) is 5.14. The molecule has 2 aromatic carbocycles. The van der Waals surface area contributed by atoms with Crippen molar-refractivity contribution in [2.45, 2.75) is 0 Å². The number of benzene rings is 2. The van der Waals surface area contributed by atoms with Crippen molar-refractivity contribution in [1.29, 1.82) is 0 Å². The Bertz CT molecular complexity index is 870. The molecule has 0 aliphatic heterocycles. The summed E-state index contributed by atoms with van der Waals surface area (Å²) in [5.74, 6) is 0.350. The van der Waals surface area contributed by atoms with Crippen LogP contribution in [0.4, 0.5) is 17.3 Å². The van der Waals surface area contributed by atoms with Gasteiger partial charge in [0.05, 0.1) is 10.6 Å². The number of nitro benzene ring substituents is 1. The van der Waals surface area contributed by atoms with E-state index in [1.807, 2.05) is 12.1 Å². The Morgan fingerprint density at radius 3 is 2.70 bits per heavy atom. The molecule has 6 nitrogen and oxygen atoms in total. The van der Waals surface area contributed by atoms with Gasteiger partial charge in [0.15, 0.2) is 0 Å². The highest BCUT2D eigenvalue weighted by molar-refractivity contribution is 6.30. The Labute approximate surface area is 136 Å². The van der Waals surface area contributed by atoms with E-state index in [1.165, 1.54) is 12.1 Å². The second-order valence-electron chi connectivity index (χ2n) is 4.71. The molecule has 0 spiro atoms. The van der Waals surface area contributed by atoms with Gasteiger partial charge in [0.25, 0.3) is 5.69 Å². The van der Waals surface area contributed by atoms with Crippen molar-refractivity contribution in [3.05, 3.63) is 75.9 Å². The summed E-state index contributed by atoms with van der Waals surface area (Å²) in [6.07, 6.45) is 1.61. The minimum Gasteiger partial charge on any atom is -0.324 e. The smallest absolute Gasteiger partial charge is 0.271 e. The SMILES string of the molecule is O=[N+]([O-])c1cccc(Nc2nccc(-c3cccc(Cl)c3)n2)c1. The maximum absolute atomic E-state index is 10.8. The molecule has 1 N–H and O–H groups in total. The maximum atomic E-state index is 10.8. The number of non-ortho nitro benzene ring substituents is 1.